The highest BCUT2D eigenvalue weighted by molar-refractivity contribution is 7.07. The Morgan fingerprint density at radius 1 is 1.38 bits per heavy atom. The van der Waals surface area contributed by atoms with Crippen LogP contribution in [-0.4, -0.2) is 20.1 Å². The molecule has 2 rings (SSSR count). The monoisotopic (exact) mass is 193 g/mol. The van der Waals surface area contributed by atoms with Gasteiger partial charge in [-0.3, -0.25) is 0 Å². The molecule has 0 aliphatic heterocycles. The van der Waals surface area contributed by atoms with Crippen molar-refractivity contribution >= 4 is 11.3 Å². The van der Waals surface area contributed by atoms with Gasteiger partial charge in [-0.05, 0) is 6.07 Å². The first kappa shape index (κ1) is 8.28. The van der Waals surface area contributed by atoms with Crippen LogP contribution >= 0.6 is 11.3 Å². The summed E-state index contributed by atoms with van der Waals surface area (Å²) >= 11 is 1.49. The van der Waals surface area contributed by atoms with Crippen molar-refractivity contribution < 1.29 is 5.11 Å². The molecule has 0 radical (unpaired) electrons. The summed E-state index contributed by atoms with van der Waals surface area (Å²) in [6.07, 6.45) is 1.62. The number of aromatic nitrogens is 3. The number of nitrogens with zero attached hydrogens (tertiary/aromatic N) is 3. The molecule has 0 aliphatic carbocycles. The third-order valence-corrected chi connectivity index (χ3v) is 2.12. The van der Waals surface area contributed by atoms with Gasteiger partial charge in [-0.1, -0.05) is 0 Å². The number of aliphatic hydroxyl groups excluding tert-OH is 1. The van der Waals surface area contributed by atoms with Gasteiger partial charge in [0.1, 0.15) is 5.69 Å². The average molecular weight is 193 g/mol. The zero-order chi connectivity index (χ0) is 9.10. The summed E-state index contributed by atoms with van der Waals surface area (Å²) < 4.78 is 0. The van der Waals surface area contributed by atoms with Gasteiger partial charge in [-0.25, -0.2) is 15.0 Å². The van der Waals surface area contributed by atoms with Crippen molar-refractivity contribution in [2.24, 2.45) is 0 Å². The average Bonchev–Trinajstić information content (AvgIpc) is 2.71. The number of hydrogen-bond donors (Lipinski definition) is 1. The minimum absolute atomic E-state index is 0.0698. The molecule has 5 heteroatoms. The van der Waals surface area contributed by atoms with Crippen molar-refractivity contribution in [3.05, 3.63) is 28.8 Å². The van der Waals surface area contributed by atoms with Crippen molar-refractivity contribution in [3.8, 4) is 11.5 Å². The minimum atomic E-state index is -0.0698. The van der Waals surface area contributed by atoms with Crippen LogP contribution in [0.25, 0.3) is 11.5 Å². The third-order valence-electron chi connectivity index (χ3n) is 1.54. The lowest BCUT2D eigenvalue weighted by Gasteiger charge is -1.97. The molecule has 2 aromatic rings. The summed E-state index contributed by atoms with van der Waals surface area (Å²) in [6, 6.07) is 1.68. The molecular weight excluding hydrogens is 186 g/mol. The summed E-state index contributed by atoms with van der Waals surface area (Å²) in [5, 5.41) is 10.7. The fourth-order valence-corrected chi connectivity index (χ4v) is 1.46. The Morgan fingerprint density at radius 3 is 3.00 bits per heavy atom. The van der Waals surface area contributed by atoms with E-state index in [9.17, 15) is 0 Å². The molecule has 0 amide bonds. The van der Waals surface area contributed by atoms with Crippen LogP contribution in [0, 0.1) is 0 Å². The first-order valence-corrected chi connectivity index (χ1v) is 4.66. The molecule has 0 saturated carbocycles. The molecule has 0 atom stereocenters. The fourth-order valence-electron chi connectivity index (χ4n) is 0.930. The molecule has 66 valence electrons. The van der Waals surface area contributed by atoms with Gasteiger partial charge in [-0.2, -0.15) is 0 Å². The van der Waals surface area contributed by atoms with E-state index in [1.807, 2.05) is 5.38 Å². The van der Waals surface area contributed by atoms with E-state index in [-0.39, 0.29) is 6.61 Å². The Morgan fingerprint density at radius 2 is 2.31 bits per heavy atom. The van der Waals surface area contributed by atoms with Crippen LogP contribution in [0.1, 0.15) is 5.69 Å². The number of aliphatic hydroxyl groups is 1. The van der Waals surface area contributed by atoms with Crippen molar-refractivity contribution in [2.45, 2.75) is 6.61 Å². The topological polar surface area (TPSA) is 58.9 Å². The van der Waals surface area contributed by atoms with E-state index in [1.54, 1.807) is 17.8 Å². The molecule has 0 fully saturated rings. The highest BCUT2D eigenvalue weighted by atomic mass is 32.1. The van der Waals surface area contributed by atoms with Crippen LogP contribution < -0.4 is 0 Å². The maximum absolute atomic E-state index is 8.85. The molecule has 13 heavy (non-hydrogen) atoms. The number of thiazole rings is 1. The van der Waals surface area contributed by atoms with Crippen LogP contribution in [-0.2, 0) is 6.61 Å². The predicted octanol–water partition coefficient (Wildman–Crippen LogP) is 1.09. The Kier molecular flexibility index (Phi) is 2.29. The molecule has 0 bridgehead atoms. The Labute approximate surface area is 78.9 Å². The summed E-state index contributed by atoms with van der Waals surface area (Å²) in [7, 11) is 0. The van der Waals surface area contributed by atoms with Crippen molar-refractivity contribution in [1.82, 2.24) is 15.0 Å². The molecule has 0 saturated heterocycles. The van der Waals surface area contributed by atoms with Crippen LogP contribution in [0.4, 0.5) is 0 Å². The zero-order valence-corrected chi connectivity index (χ0v) is 7.53. The standard InChI is InChI=1S/C8H7N3OS/c12-3-6-1-2-9-8(11-6)7-4-13-5-10-7/h1-2,4-5,12H,3H2. The smallest absolute Gasteiger partial charge is 0.179 e. The molecule has 2 aromatic heterocycles. The molecule has 2 heterocycles. The lowest BCUT2D eigenvalue weighted by atomic mass is 10.4. The van der Waals surface area contributed by atoms with Crippen LogP contribution in [0.5, 0.6) is 0 Å². The lowest BCUT2D eigenvalue weighted by molar-refractivity contribution is 0.277. The van der Waals surface area contributed by atoms with Gasteiger partial charge < -0.3 is 5.11 Å². The van der Waals surface area contributed by atoms with Crippen molar-refractivity contribution in [1.29, 1.82) is 0 Å². The first-order valence-electron chi connectivity index (χ1n) is 3.71. The van der Waals surface area contributed by atoms with Gasteiger partial charge in [0.2, 0.25) is 0 Å². The van der Waals surface area contributed by atoms with E-state index in [4.69, 9.17) is 5.11 Å². The van der Waals surface area contributed by atoms with E-state index in [1.165, 1.54) is 11.3 Å². The predicted molar refractivity (Wildman–Crippen MR) is 49.1 cm³/mol. The maximum atomic E-state index is 8.85. The summed E-state index contributed by atoms with van der Waals surface area (Å²) in [6.45, 7) is -0.0698. The van der Waals surface area contributed by atoms with E-state index >= 15 is 0 Å². The van der Waals surface area contributed by atoms with Gasteiger partial charge in [0.25, 0.3) is 0 Å². The second kappa shape index (κ2) is 3.59. The zero-order valence-electron chi connectivity index (χ0n) is 6.71. The summed E-state index contributed by atoms with van der Waals surface area (Å²) in [5.74, 6) is 0.563. The number of hydrogen-bond acceptors (Lipinski definition) is 5. The van der Waals surface area contributed by atoms with E-state index in [2.05, 4.69) is 15.0 Å². The molecule has 0 aliphatic rings. The van der Waals surface area contributed by atoms with Gasteiger partial charge in [-0.15, -0.1) is 11.3 Å². The Balaban J connectivity index is 2.41. The van der Waals surface area contributed by atoms with E-state index in [0.717, 1.165) is 5.69 Å². The van der Waals surface area contributed by atoms with Crippen LogP contribution in [0.2, 0.25) is 0 Å². The van der Waals surface area contributed by atoms with Crippen molar-refractivity contribution in [2.75, 3.05) is 0 Å². The van der Waals surface area contributed by atoms with Gasteiger partial charge in [0.15, 0.2) is 5.82 Å². The molecule has 0 unspecified atom stereocenters. The normalized spacial score (nSPS) is 10.2. The molecular formula is C8H7N3OS. The van der Waals surface area contributed by atoms with Crippen LogP contribution in [0.15, 0.2) is 23.2 Å². The molecule has 0 spiro atoms. The SMILES string of the molecule is OCc1ccnc(-c2cscn2)n1. The highest BCUT2D eigenvalue weighted by Crippen LogP contribution is 2.13. The highest BCUT2D eigenvalue weighted by Gasteiger charge is 2.02. The summed E-state index contributed by atoms with van der Waals surface area (Å²) in [4.78, 5) is 12.2. The maximum Gasteiger partial charge on any atom is 0.179 e. The van der Waals surface area contributed by atoms with Crippen LogP contribution in [0.3, 0.4) is 0 Å². The Hall–Kier alpha value is -1.33. The third kappa shape index (κ3) is 1.71. The van der Waals surface area contributed by atoms with Gasteiger partial charge in [0, 0.05) is 11.6 Å². The number of rotatable bonds is 2. The minimum Gasteiger partial charge on any atom is -0.390 e. The molecule has 0 aromatic carbocycles. The van der Waals surface area contributed by atoms with Crippen molar-refractivity contribution in [3.63, 3.8) is 0 Å². The quantitative estimate of drug-likeness (QED) is 0.775. The summed E-state index contributed by atoms with van der Waals surface area (Å²) in [5.41, 5.74) is 3.09. The molecule has 4 nitrogen and oxygen atoms in total. The second-order valence-electron chi connectivity index (χ2n) is 2.40. The van der Waals surface area contributed by atoms with E-state index in [0.29, 0.717) is 11.5 Å². The second-order valence-corrected chi connectivity index (χ2v) is 3.12. The molecule has 1 N–H and O–H groups in total. The largest absolute Gasteiger partial charge is 0.390 e. The van der Waals surface area contributed by atoms with Gasteiger partial charge >= 0.3 is 0 Å². The Bertz CT molecular complexity index is 388. The van der Waals surface area contributed by atoms with Gasteiger partial charge in [0.05, 0.1) is 17.8 Å². The van der Waals surface area contributed by atoms with E-state index < -0.39 is 0 Å². The fraction of sp³-hybridized carbons (Fsp3) is 0.125. The lowest BCUT2D eigenvalue weighted by Crippen LogP contribution is -1.94. The first-order chi connectivity index (χ1) is 6.40.